The molecule has 0 aliphatic heterocycles. The minimum atomic E-state index is 1.11. The van der Waals surface area contributed by atoms with Crippen molar-refractivity contribution in [3.63, 3.8) is 0 Å². The lowest BCUT2D eigenvalue weighted by atomic mass is 10.1. The average molecular weight is 175 g/mol. The fourth-order valence-corrected chi connectivity index (χ4v) is 1.84. The van der Waals surface area contributed by atoms with Crippen molar-refractivity contribution in [3.8, 4) is 11.3 Å². The van der Waals surface area contributed by atoms with Crippen LogP contribution in [0.3, 0.4) is 0 Å². The summed E-state index contributed by atoms with van der Waals surface area (Å²) in [7, 11) is 0. The summed E-state index contributed by atoms with van der Waals surface area (Å²) in [5.41, 5.74) is 3.57. The van der Waals surface area contributed by atoms with Crippen LogP contribution in [0.25, 0.3) is 11.3 Å². The van der Waals surface area contributed by atoms with Crippen molar-refractivity contribution in [1.29, 1.82) is 0 Å². The Hall–Kier alpha value is -1.15. The van der Waals surface area contributed by atoms with Crippen LogP contribution >= 0.6 is 11.5 Å². The maximum Gasteiger partial charge on any atom is 0.0869 e. The number of aryl methyl sites for hydroxylation is 1. The van der Waals surface area contributed by atoms with E-state index in [0.717, 1.165) is 5.69 Å². The zero-order chi connectivity index (χ0) is 8.39. The van der Waals surface area contributed by atoms with Gasteiger partial charge in [0.2, 0.25) is 0 Å². The van der Waals surface area contributed by atoms with Gasteiger partial charge in [0.05, 0.1) is 5.69 Å². The smallest absolute Gasteiger partial charge is 0.0869 e. The van der Waals surface area contributed by atoms with E-state index in [2.05, 4.69) is 28.8 Å². The molecule has 2 aromatic rings. The van der Waals surface area contributed by atoms with Crippen LogP contribution in [0, 0.1) is 6.92 Å². The second-order valence-corrected chi connectivity index (χ2v) is 3.34. The minimum absolute atomic E-state index is 1.11. The van der Waals surface area contributed by atoms with Crippen LogP contribution in [0.15, 0.2) is 35.7 Å². The summed E-state index contributed by atoms with van der Waals surface area (Å²) in [4.78, 5) is 0. The number of hydrogen-bond acceptors (Lipinski definition) is 2. The Kier molecular flexibility index (Phi) is 1.92. The molecular weight excluding hydrogens is 166 g/mol. The fraction of sp³-hybridized carbons (Fsp3) is 0.100. The van der Waals surface area contributed by atoms with Crippen molar-refractivity contribution < 1.29 is 0 Å². The van der Waals surface area contributed by atoms with E-state index in [-0.39, 0.29) is 0 Å². The van der Waals surface area contributed by atoms with E-state index >= 15 is 0 Å². The van der Waals surface area contributed by atoms with Gasteiger partial charge in [-0.2, -0.15) is 4.37 Å². The fourth-order valence-electron chi connectivity index (χ4n) is 1.16. The van der Waals surface area contributed by atoms with Crippen LogP contribution in [0.2, 0.25) is 0 Å². The first kappa shape index (κ1) is 7.50. The molecule has 2 rings (SSSR count). The molecule has 0 fully saturated rings. The molecule has 0 N–H and O–H groups in total. The molecule has 0 bridgehead atoms. The normalized spacial score (nSPS) is 10.1. The molecule has 1 aromatic heterocycles. The zero-order valence-corrected chi connectivity index (χ0v) is 7.64. The summed E-state index contributed by atoms with van der Waals surface area (Å²) in [5.74, 6) is 0. The summed E-state index contributed by atoms with van der Waals surface area (Å²) >= 11 is 1.51. The first-order valence-electron chi connectivity index (χ1n) is 3.84. The molecule has 60 valence electrons. The number of nitrogens with zero attached hydrogens (tertiary/aromatic N) is 1. The number of benzene rings is 1. The van der Waals surface area contributed by atoms with E-state index in [1.165, 1.54) is 22.7 Å². The molecule has 1 nitrogen and oxygen atoms in total. The van der Waals surface area contributed by atoms with Crippen LogP contribution < -0.4 is 0 Å². The predicted octanol–water partition coefficient (Wildman–Crippen LogP) is 3.12. The van der Waals surface area contributed by atoms with E-state index in [9.17, 15) is 0 Å². The van der Waals surface area contributed by atoms with E-state index in [1.54, 1.807) is 0 Å². The Morgan fingerprint density at radius 3 is 2.50 bits per heavy atom. The molecule has 0 aliphatic rings. The second-order valence-electron chi connectivity index (χ2n) is 2.71. The van der Waals surface area contributed by atoms with E-state index in [0.29, 0.717) is 0 Å². The van der Waals surface area contributed by atoms with Crippen molar-refractivity contribution in [2.75, 3.05) is 0 Å². The molecule has 1 heterocycles. The van der Waals surface area contributed by atoms with Crippen molar-refractivity contribution in [2.45, 2.75) is 6.92 Å². The maximum absolute atomic E-state index is 4.33. The third-order valence-electron chi connectivity index (χ3n) is 1.79. The molecule has 0 saturated heterocycles. The topological polar surface area (TPSA) is 12.9 Å². The molecule has 0 saturated carbocycles. The van der Waals surface area contributed by atoms with Gasteiger partial charge in [0.15, 0.2) is 0 Å². The third-order valence-corrected chi connectivity index (χ3v) is 2.54. The molecule has 0 radical (unpaired) electrons. The second kappa shape index (κ2) is 3.07. The molecule has 0 aliphatic carbocycles. The van der Waals surface area contributed by atoms with Crippen LogP contribution in [-0.4, -0.2) is 4.37 Å². The Bertz CT molecular complexity index is 364. The summed E-state index contributed by atoms with van der Waals surface area (Å²) in [6.45, 7) is 2.09. The van der Waals surface area contributed by atoms with Gasteiger partial charge < -0.3 is 0 Å². The number of aromatic nitrogens is 1. The van der Waals surface area contributed by atoms with Gasteiger partial charge in [-0.05, 0) is 24.0 Å². The van der Waals surface area contributed by atoms with Crippen LogP contribution in [0.4, 0.5) is 0 Å². The van der Waals surface area contributed by atoms with Crippen molar-refractivity contribution in [2.24, 2.45) is 0 Å². The van der Waals surface area contributed by atoms with Gasteiger partial charge in [-0.15, -0.1) is 0 Å². The van der Waals surface area contributed by atoms with Gasteiger partial charge in [0.1, 0.15) is 0 Å². The Balaban J connectivity index is 2.51. The van der Waals surface area contributed by atoms with Crippen molar-refractivity contribution in [1.82, 2.24) is 4.37 Å². The minimum Gasteiger partial charge on any atom is -0.192 e. The lowest BCUT2D eigenvalue weighted by Crippen LogP contribution is -1.77. The lowest BCUT2D eigenvalue weighted by molar-refractivity contribution is 1.43. The first-order valence-corrected chi connectivity index (χ1v) is 4.68. The predicted molar refractivity (Wildman–Crippen MR) is 52.3 cm³/mol. The summed E-state index contributed by atoms with van der Waals surface area (Å²) < 4.78 is 4.33. The average Bonchev–Trinajstić information content (AvgIpc) is 2.53. The molecule has 0 unspecified atom stereocenters. The van der Waals surface area contributed by atoms with Crippen molar-refractivity contribution in [3.05, 3.63) is 41.3 Å². The Labute approximate surface area is 75.9 Å². The largest absolute Gasteiger partial charge is 0.192 e. The highest BCUT2D eigenvalue weighted by atomic mass is 32.1. The molecular formula is C10H9NS. The summed E-state index contributed by atoms with van der Waals surface area (Å²) in [6.07, 6.45) is 0. The van der Waals surface area contributed by atoms with Gasteiger partial charge in [-0.1, -0.05) is 30.3 Å². The van der Waals surface area contributed by atoms with E-state index in [4.69, 9.17) is 0 Å². The quantitative estimate of drug-likeness (QED) is 0.649. The lowest BCUT2D eigenvalue weighted by Gasteiger charge is -1.95. The monoisotopic (exact) mass is 175 g/mol. The highest BCUT2D eigenvalue weighted by molar-refractivity contribution is 7.04. The van der Waals surface area contributed by atoms with Gasteiger partial charge in [0, 0.05) is 10.9 Å². The van der Waals surface area contributed by atoms with Gasteiger partial charge in [-0.3, -0.25) is 0 Å². The van der Waals surface area contributed by atoms with Gasteiger partial charge >= 0.3 is 0 Å². The molecule has 12 heavy (non-hydrogen) atoms. The highest BCUT2D eigenvalue weighted by Crippen LogP contribution is 2.22. The summed E-state index contributed by atoms with van der Waals surface area (Å²) in [6, 6.07) is 10.3. The summed E-state index contributed by atoms with van der Waals surface area (Å²) in [5, 5.41) is 2.07. The zero-order valence-electron chi connectivity index (χ0n) is 6.82. The molecule has 0 atom stereocenters. The SMILES string of the molecule is Cc1csnc1-c1ccccc1. The third kappa shape index (κ3) is 1.25. The standard InChI is InChI=1S/C10H9NS/c1-8-7-12-11-10(8)9-5-3-2-4-6-9/h2-7H,1H3. The first-order chi connectivity index (χ1) is 5.88. The molecule has 0 spiro atoms. The van der Waals surface area contributed by atoms with Crippen LogP contribution in [-0.2, 0) is 0 Å². The highest BCUT2D eigenvalue weighted by Gasteiger charge is 2.02. The molecule has 1 aromatic carbocycles. The van der Waals surface area contributed by atoms with Gasteiger partial charge in [-0.25, -0.2) is 0 Å². The van der Waals surface area contributed by atoms with E-state index in [1.807, 2.05) is 18.2 Å². The van der Waals surface area contributed by atoms with Gasteiger partial charge in [0.25, 0.3) is 0 Å². The molecule has 2 heteroatoms. The maximum atomic E-state index is 4.33. The van der Waals surface area contributed by atoms with Crippen LogP contribution in [0.1, 0.15) is 5.56 Å². The van der Waals surface area contributed by atoms with Crippen molar-refractivity contribution >= 4 is 11.5 Å². The van der Waals surface area contributed by atoms with E-state index < -0.39 is 0 Å². The number of rotatable bonds is 1. The molecule has 0 amide bonds. The number of hydrogen-bond donors (Lipinski definition) is 0. The Morgan fingerprint density at radius 2 is 1.92 bits per heavy atom. The van der Waals surface area contributed by atoms with Crippen LogP contribution in [0.5, 0.6) is 0 Å². The Morgan fingerprint density at radius 1 is 1.17 bits per heavy atom.